The van der Waals surface area contributed by atoms with Crippen LogP contribution in [-0.4, -0.2) is 45.7 Å². The summed E-state index contributed by atoms with van der Waals surface area (Å²) in [4.78, 5) is 20.8. The van der Waals surface area contributed by atoms with Gasteiger partial charge in [-0.2, -0.15) is 0 Å². The first-order valence-electron chi connectivity index (χ1n) is 3.42. The van der Waals surface area contributed by atoms with E-state index in [4.69, 9.17) is 10.2 Å². The van der Waals surface area contributed by atoms with Gasteiger partial charge in [0.15, 0.2) is 0 Å². The molecular formula is C6H9NO4S. The molecule has 0 aromatic rings. The monoisotopic (exact) mass is 191 g/mol. The van der Waals surface area contributed by atoms with Gasteiger partial charge in [-0.05, 0) is 0 Å². The molecule has 2 atom stereocenters. The van der Waals surface area contributed by atoms with Crippen LogP contribution in [-0.2, 0) is 9.59 Å². The molecule has 0 aromatic carbocycles. The van der Waals surface area contributed by atoms with Crippen molar-refractivity contribution in [2.45, 2.75) is 11.3 Å². The molecule has 12 heavy (non-hydrogen) atoms. The maximum atomic E-state index is 10.4. The van der Waals surface area contributed by atoms with E-state index in [9.17, 15) is 9.59 Å². The minimum Gasteiger partial charge on any atom is -0.480 e. The Kier molecular flexibility index (Phi) is 2.93. The third kappa shape index (κ3) is 2.12. The fourth-order valence-corrected chi connectivity index (χ4v) is 1.94. The first kappa shape index (κ1) is 9.34. The predicted molar refractivity (Wildman–Crippen MR) is 43.3 cm³/mol. The van der Waals surface area contributed by atoms with Gasteiger partial charge in [-0.3, -0.25) is 9.59 Å². The van der Waals surface area contributed by atoms with E-state index in [1.165, 1.54) is 0 Å². The van der Waals surface area contributed by atoms with Gasteiger partial charge in [-0.25, -0.2) is 0 Å². The van der Waals surface area contributed by atoms with Crippen LogP contribution >= 0.6 is 11.8 Å². The van der Waals surface area contributed by atoms with E-state index in [0.29, 0.717) is 5.75 Å². The van der Waals surface area contributed by atoms with Gasteiger partial charge < -0.3 is 15.5 Å². The Bertz CT molecular complexity index is 178. The van der Waals surface area contributed by atoms with Crippen molar-refractivity contribution in [3.05, 3.63) is 0 Å². The van der Waals surface area contributed by atoms with Crippen molar-refractivity contribution in [1.82, 2.24) is 5.32 Å². The molecule has 1 rings (SSSR count). The zero-order valence-electron chi connectivity index (χ0n) is 6.19. The van der Waals surface area contributed by atoms with Crippen LogP contribution in [0.2, 0.25) is 0 Å². The number of carboxylic acid groups (broad SMARTS) is 2. The van der Waals surface area contributed by atoms with Gasteiger partial charge in [0, 0.05) is 12.3 Å². The number of hydrogen-bond donors (Lipinski definition) is 3. The van der Waals surface area contributed by atoms with Crippen LogP contribution < -0.4 is 5.32 Å². The van der Waals surface area contributed by atoms with E-state index in [2.05, 4.69) is 5.32 Å². The normalized spacial score (nSPS) is 29.7. The van der Waals surface area contributed by atoms with Crippen LogP contribution in [0.15, 0.2) is 0 Å². The average molecular weight is 191 g/mol. The zero-order valence-corrected chi connectivity index (χ0v) is 7.00. The molecule has 1 saturated heterocycles. The minimum atomic E-state index is -0.925. The second kappa shape index (κ2) is 3.77. The lowest BCUT2D eigenvalue weighted by molar-refractivity contribution is -0.140. The first-order valence-corrected chi connectivity index (χ1v) is 4.46. The van der Waals surface area contributed by atoms with Gasteiger partial charge in [0.25, 0.3) is 0 Å². The highest BCUT2D eigenvalue weighted by Crippen LogP contribution is 2.16. The smallest absolute Gasteiger partial charge is 0.321 e. The number of aliphatic carboxylic acids is 2. The fourth-order valence-electron chi connectivity index (χ4n) is 0.897. The van der Waals surface area contributed by atoms with Crippen LogP contribution in [0, 0.1) is 0 Å². The largest absolute Gasteiger partial charge is 0.480 e. The molecule has 68 valence electrons. The van der Waals surface area contributed by atoms with Crippen molar-refractivity contribution in [1.29, 1.82) is 0 Å². The summed E-state index contributed by atoms with van der Waals surface area (Å²) in [6, 6.07) is -0.606. The highest BCUT2D eigenvalue weighted by atomic mass is 32.2. The zero-order chi connectivity index (χ0) is 9.14. The maximum absolute atomic E-state index is 10.4. The molecule has 1 aliphatic rings. The second-order valence-corrected chi connectivity index (χ2v) is 3.69. The van der Waals surface area contributed by atoms with Crippen molar-refractivity contribution in [2.75, 3.05) is 12.3 Å². The number of carboxylic acids is 2. The number of hydrogen-bond acceptors (Lipinski definition) is 4. The van der Waals surface area contributed by atoms with Gasteiger partial charge in [0.05, 0.1) is 0 Å². The van der Waals surface area contributed by atoms with Crippen LogP contribution in [0.5, 0.6) is 0 Å². The molecule has 0 saturated carbocycles. The standard InChI is InChI=1S/C6H9NO4S/c8-5(9)3-2-12-4(1-7-3)6(10)11/h3-4,7H,1-2H2,(H,8,9)(H,10,11). The van der Waals surface area contributed by atoms with Gasteiger partial charge in [-0.15, -0.1) is 11.8 Å². The quantitative estimate of drug-likeness (QED) is 0.531. The molecule has 6 heteroatoms. The summed E-state index contributed by atoms with van der Waals surface area (Å²) in [7, 11) is 0. The lowest BCUT2D eigenvalue weighted by atomic mass is 10.3. The molecule has 0 amide bonds. The number of thioether (sulfide) groups is 1. The Labute approximate surface area is 73.1 Å². The third-order valence-corrected chi connectivity index (χ3v) is 2.88. The molecule has 0 bridgehead atoms. The SMILES string of the molecule is O=C(O)C1CSC(C(=O)O)CN1. The second-order valence-electron chi connectivity index (χ2n) is 2.46. The summed E-state index contributed by atoms with van der Waals surface area (Å²) in [5.74, 6) is -1.51. The van der Waals surface area contributed by atoms with Crippen LogP contribution in [0.25, 0.3) is 0 Å². The van der Waals surface area contributed by atoms with Gasteiger partial charge in [0.2, 0.25) is 0 Å². The average Bonchev–Trinajstić information content (AvgIpc) is 2.04. The van der Waals surface area contributed by atoms with Gasteiger partial charge in [0.1, 0.15) is 11.3 Å². The molecule has 1 fully saturated rings. The van der Waals surface area contributed by atoms with E-state index in [-0.39, 0.29) is 6.54 Å². The Morgan fingerprint density at radius 3 is 2.33 bits per heavy atom. The number of nitrogens with one attached hydrogen (secondary N) is 1. The molecule has 3 N–H and O–H groups in total. The summed E-state index contributed by atoms with van der Waals surface area (Å²) in [6.45, 7) is 0.219. The molecule has 0 aromatic heterocycles. The van der Waals surface area contributed by atoms with Crippen LogP contribution in [0.1, 0.15) is 0 Å². The summed E-state index contributed by atoms with van der Waals surface area (Å²) < 4.78 is 0. The molecular weight excluding hydrogens is 182 g/mol. The molecule has 5 nitrogen and oxygen atoms in total. The molecule has 0 aliphatic carbocycles. The van der Waals surface area contributed by atoms with Crippen molar-refractivity contribution >= 4 is 23.7 Å². The molecule has 0 radical (unpaired) electrons. The lowest BCUT2D eigenvalue weighted by Crippen LogP contribution is -2.48. The van der Waals surface area contributed by atoms with E-state index in [1.807, 2.05) is 0 Å². The molecule has 1 aliphatic heterocycles. The van der Waals surface area contributed by atoms with E-state index in [1.54, 1.807) is 0 Å². The summed E-state index contributed by atoms with van der Waals surface area (Å²) in [6.07, 6.45) is 0. The molecule has 0 spiro atoms. The van der Waals surface area contributed by atoms with Crippen molar-refractivity contribution in [2.24, 2.45) is 0 Å². The Morgan fingerprint density at radius 1 is 1.33 bits per heavy atom. The lowest BCUT2D eigenvalue weighted by Gasteiger charge is -2.23. The third-order valence-electron chi connectivity index (χ3n) is 1.59. The van der Waals surface area contributed by atoms with Crippen LogP contribution in [0.3, 0.4) is 0 Å². The van der Waals surface area contributed by atoms with Crippen molar-refractivity contribution < 1.29 is 19.8 Å². The van der Waals surface area contributed by atoms with Crippen molar-refractivity contribution in [3.63, 3.8) is 0 Å². The van der Waals surface area contributed by atoms with Gasteiger partial charge in [-0.1, -0.05) is 0 Å². The molecule has 1 heterocycles. The van der Waals surface area contributed by atoms with E-state index in [0.717, 1.165) is 11.8 Å². The van der Waals surface area contributed by atoms with Gasteiger partial charge >= 0.3 is 11.9 Å². The van der Waals surface area contributed by atoms with Crippen molar-refractivity contribution in [3.8, 4) is 0 Å². The topological polar surface area (TPSA) is 86.6 Å². The number of rotatable bonds is 2. The summed E-state index contributed by atoms with van der Waals surface area (Å²) in [5.41, 5.74) is 0. The first-order chi connectivity index (χ1) is 5.61. The highest BCUT2D eigenvalue weighted by Gasteiger charge is 2.29. The minimum absolute atomic E-state index is 0.219. The highest BCUT2D eigenvalue weighted by molar-refractivity contribution is 8.00. The fraction of sp³-hybridized carbons (Fsp3) is 0.667. The Morgan fingerprint density at radius 2 is 2.00 bits per heavy atom. The predicted octanol–water partition coefficient (Wildman–Crippen LogP) is -0.771. The Balaban J connectivity index is 2.39. The van der Waals surface area contributed by atoms with E-state index < -0.39 is 23.2 Å². The van der Waals surface area contributed by atoms with E-state index >= 15 is 0 Å². The summed E-state index contributed by atoms with van der Waals surface area (Å²) >= 11 is 1.16. The number of carbonyl (C=O) groups is 2. The molecule has 2 unspecified atom stereocenters. The Hall–Kier alpha value is -0.750. The van der Waals surface area contributed by atoms with Crippen LogP contribution in [0.4, 0.5) is 0 Å². The summed E-state index contributed by atoms with van der Waals surface area (Å²) in [5, 5.41) is 19.2. The maximum Gasteiger partial charge on any atom is 0.321 e.